The normalized spacial score (nSPS) is 11.7. The molecule has 2 aromatic rings. The third-order valence-corrected chi connectivity index (χ3v) is 4.44. The number of nitrogens with one attached hydrogen (secondary N) is 2. The number of ketones is 1. The molecule has 0 unspecified atom stereocenters. The summed E-state index contributed by atoms with van der Waals surface area (Å²) in [6.07, 6.45) is 1.70. The fourth-order valence-electron chi connectivity index (χ4n) is 3.22. The summed E-state index contributed by atoms with van der Waals surface area (Å²) in [4.78, 5) is 39.1. The van der Waals surface area contributed by atoms with Gasteiger partial charge in [-0.2, -0.15) is 0 Å². The molecule has 0 aliphatic carbocycles. The highest BCUT2D eigenvalue weighted by atomic mass is 16.5. The summed E-state index contributed by atoms with van der Waals surface area (Å²) >= 11 is 0. The summed E-state index contributed by atoms with van der Waals surface area (Å²) < 4.78 is 5.14. The van der Waals surface area contributed by atoms with Crippen LogP contribution in [0.4, 0.5) is 0 Å². The van der Waals surface area contributed by atoms with E-state index in [1.165, 1.54) is 6.92 Å². The summed E-state index contributed by atoms with van der Waals surface area (Å²) in [5, 5.41) is 2.91. The number of hydrogen-bond acceptors (Lipinski definition) is 4. The van der Waals surface area contributed by atoms with E-state index in [0.29, 0.717) is 16.8 Å². The Bertz CT molecular complexity index is 824. The molecule has 2 rings (SSSR count). The van der Waals surface area contributed by atoms with E-state index in [2.05, 4.69) is 10.3 Å². The van der Waals surface area contributed by atoms with Gasteiger partial charge in [-0.05, 0) is 38.3 Å². The quantitative estimate of drug-likeness (QED) is 0.548. The minimum absolute atomic E-state index is 0.122. The van der Waals surface area contributed by atoms with Gasteiger partial charge in [-0.25, -0.2) is 4.79 Å². The maximum Gasteiger partial charge on any atom is 0.355 e. The van der Waals surface area contributed by atoms with Crippen molar-refractivity contribution in [3.8, 4) is 0 Å². The topological polar surface area (TPSA) is 88.3 Å². The van der Waals surface area contributed by atoms with E-state index in [-0.39, 0.29) is 30.0 Å². The van der Waals surface area contributed by atoms with Gasteiger partial charge in [0.1, 0.15) is 5.69 Å². The van der Waals surface area contributed by atoms with Crippen LogP contribution >= 0.6 is 0 Å². The van der Waals surface area contributed by atoms with Gasteiger partial charge in [-0.15, -0.1) is 0 Å². The SMILES string of the molecule is CCC[C@@H](NC(=O)COC(=O)c1[nH]c(C)c(C(C)=O)c1C)c1ccccc1. The summed E-state index contributed by atoms with van der Waals surface area (Å²) in [5.41, 5.74) is 2.86. The number of rotatable bonds is 8. The average Bonchev–Trinajstić information content (AvgIpc) is 2.94. The smallest absolute Gasteiger partial charge is 0.355 e. The first kappa shape index (κ1) is 20.4. The fraction of sp³-hybridized carbons (Fsp3) is 0.381. The van der Waals surface area contributed by atoms with Gasteiger partial charge >= 0.3 is 5.97 Å². The Hall–Kier alpha value is -2.89. The van der Waals surface area contributed by atoms with Crippen molar-refractivity contribution in [3.05, 3.63) is 58.4 Å². The first-order chi connectivity index (χ1) is 12.8. The van der Waals surface area contributed by atoms with Gasteiger partial charge in [-0.3, -0.25) is 9.59 Å². The molecule has 6 heteroatoms. The molecule has 0 spiro atoms. The Balaban J connectivity index is 1.99. The summed E-state index contributed by atoms with van der Waals surface area (Å²) in [6.45, 7) is 6.53. The predicted octanol–water partition coefficient (Wildman–Crippen LogP) is 3.65. The van der Waals surface area contributed by atoms with Crippen LogP contribution in [-0.4, -0.2) is 29.3 Å². The molecular formula is C21H26N2O4. The number of aromatic amines is 1. The number of aryl methyl sites for hydroxylation is 1. The third-order valence-electron chi connectivity index (χ3n) is 4.44. The number of Topliss-reactive ketones (excluding diaryl/α,β-unsaturated/α-hetero) is 1. The molecule has 0 bridgehead atoms. The summed E-state index contributed by atoms with van der Waals surface area (Å²) in [6, 6.07) is 9.56. The number of carbonyl (C=O) groups is 3. The number of H-pyrrole nitrogens is 1. The Kier molecular flexibility index (Phi) is 6.93. The number of hydrogen-bond donors (Lipinski definition) is 2. The maximum atomic E-state index is 12.3. The van der Waals surface area contributed by atoms with Gasteiger partial charge in [0.05, 0.1) is 6.04 Å². The minimum Gasteiger partial charge on any atom is -0.451 e. The average molecular weight is 370 g/mol. The first-order valence-electron chi connectivity index (χ1n) is 9.06. The highest BCUT2D eigenvalue weighted by Crippen LogP contribution is 2.20. The van der Waals surface area contributed by atoms with Gasteiger partial charge < -0.3 is 15.0 Å². The van der Waals surface area contributed by atoms with Gasteiger partial charge in [0.25, 0.3) is 5.91 Å². The molecule has 2 N–H and O–H groups in total. The summed E-state index contributed by atoms with van der Waals surface area (Å²) in [7, 11) is 0. The van der Waals surface area contributed by atoms with Gasteiger partial charge in [0.15, 0.2) is 12.4 Å². The highest BCUT2D eigenvalue weighted by molar-refractivity contribution is 6.01. The lowest BCUT2D eigenvalue weighted by atomic mass is 10.0. The van der Waals surface area contributed by atoms with Crippen LogP contribution in [0.3, 0.4) is 0 Å². The van der Waals surface area contributed by atoms with Crippen LogP contribution in [0.5, 0.6) is 0 Å². The van der Waals surface area contributed by atoms with Crippen molar-refractivity contribution in [1.82, 2.24) is 10.3 Å². The molecule has 27 heavy (non-hydrogen) atoms. The number of ether oxygens (including phenoxy) is 1. The maximum absolute atomic E-state index is 12.3. The minimum atomic E-state index is -0.648. The molecule has 1 aromatic carbocycles. The standard InChI is InChI=1S/C21H26N2O4/c1-5-9-17(16-10-7-6-8-11-16)23-18(25)12-27-21(26)20-13(2)19(15(4)24)14(3)22-20/h6-8,10-11,17,22H,5,9,12H2,1-4H3,(H,23,25)/t17-/m1/s1. The van der Waals surface area contributed by atoms with Gasteiger partial charge in [-0.1, -0.05) is 43.7 Å². The van der Waals surface area contributed by atoms with E-state index in [4.69, 9.17) is 4.74 Å². The molecule has 0 aliphatic heterocycles. The molecule has 0 saturated heterocycles. The molecule has 1 amide bonds. The van der Waals surface area contributed by atoms with E-state index >= 15 is 0 Å². The fourth-order valence-corrected chi connectivity index (χ4v) is 3.22. The zero-order chi connectivity index (χ0) is 20.0. The molecular weight excluding hydrogens is 344 g/mol. The van der Waals surface area contributed by atoms with E-state index < -0.39 is 5.97 Å². The van der Waals surface area contributed by atoms with Crippen molar-refractivity contribution in [2.24, 2.45) is 0 Å². The van der Waals surface area contributed by atoms with Crippen LogP contribution in [0.1, 0.15) is 70.4 Å². The van der Waals surface area contributed by atoms with E-state index in [1.54, 1.807) is 13.8 Å². The van der Waals surface area contributed by atoms with Crippen molar-refractivity contribution in [1.29, 1.82) is 0 Å². The zero-order valence-corrected chi connectivity index (χ0v) is 16.2. The van der Waals surface area contributed by atoms with Crippen LogP contribution in [0.2, 0.25) is 0 Å². The second-order valence-corrected chi connectivity index (χ2v) is 6.58. The number of benzene rings is 1. The van der Waals surface area contributed by atoms with E-state index in [0.717, 1.165) is 18.4 Å². The number of aromatic nitrogens is 1. The largest absolute Gasteiger partial charge is 0.451 e. The molecule has 0 fully saturated rings. The number of carbonyl (C=O) groups excluding carboxylic acids is 3. The van der Waals surface area contributed by atoms with Crippen molar-refractivity contribution >= 4 is 17.7 Å². The molecule has 1 heterocycles. The second-order valence-electron chi connectivity index (χ2n) is 6.58. The van der Waals surface area contributed by atoms with Crippen LogP contribution in [-0.2, 0) is 9.53 Å². The molecule has 0 radical (unpaired) electrons. The number of amides is 1. The van der Waals surface area contributed by atoms with Crippen molar-refractivity contribution in [2.75, 3.05) is 6.61 Å². The Labute approximate surface area is 159 Å². The van der Waals surface area contributed by atoms with Crippen molar-refractivity contribution in [3.63, 3.8) is 0 Å². The van der Waals surface area contributed by atoms with Crippen LogP contribution < -0.4 is 5.32 Å². The third kappa shape index (κ3) is 5.06. The van der Waals surface area contributed by atoms with Crippen LogP contribution in [0.25, 0.3) is 0 Å². The Morgan fingerprint density at radius 1 is 1.15 bits per heavy atom. The molecule has 144 valence electrons. The monoisotopic (exact) mass is 370 g/mol. The summed E-state index contributed by atoms with van der Waals surface area (Å²) in [5.74, 6) is -1.13. The highest BCUT2D eigenvalue weighted by Gasteiger charge is 2.22. The van der Waals surface area contributed by atoms with Gasteiger partial charge in [0, 0.05) is 11.3 Å². The lowest BCUT2D eigenvalue weighted by molar-refractivity contribution is -0.125. The predicted molar refractivity (Wildman–Crippen MR) is 103 cm³/mol. The first-order valence-corrected chi connectivity index (χ1v) is 9.06. The zero-order valence-electron chi connectivity index (χ0n) is 16.2. The number of esters is 1. The van der Waals surface area contributed by atoms with Gasteiger partial charge in [0.2, 0.25) is 0 Å². The van der Waals surface area contributed by atoms with E-state index in [1.807, 2.05) is 37.3 Å². The Morgan fingerprint density at radius 3 is 2.37 bits per heavy atom. The van der Waals surface area contributed by atoms with Crippen LogP contribution in [0, 0.1) is 13.8 Å². The van der Waals surface area contributed by atoms with Crippen molar-refractivity contribution < 1.29 is 19.1 Å². The lowest BCUT2D eigenvalue weighted by Crippen LogP contribution is -2.32. The van der Waals surface area contributed by atoms with Crippen LogP contribution in [0.15, 0.2) is 30.3 Å². The second kappa shape index (κ2) is 9.16. The van der Waals surface area contributed by atoms with E-state index in [9.17, 15) is 14.4 Å². The molecule has 1 aromatic heterocycles. The Morgan fingerprint density at radius 2 is 1.81 bits per heavy atom. The van der Waals surface area contributed by atoms with Crippen molar-refractivity contribution in [2.45, 2.75) is 46.6 Å². The molecule has 1 atom stereocenters. The molecule has 0 aliphatic rings. The molecule has 6 nitrogen and oxygen atoms in total. The molecule has 0 saturated carbocycles. The lowest BCUT2D eigenvalue weighted by Gasteiger charge is -2.18.